The van der Waals surface area contributed by atoms with Gasteiger partial charge in [-0.2, -0.15) is 4.31 Å². The molecule has 3 N–H and O–H groups in total. The predicted octanol–water partition coefficient (Wildman–Crippen LogP) is 1.08. The lowest BCUT2D eigenvalue weighted by Gasteiger charge is -2.36. The molecule has 1 unspecified atom stereocenters. The number of halogens is 2. The standard InChI is InChI=1S/C12H16F2N2O3S/c1-12(17)3-2-4-16(7-12)20(18,19)11-6-10(15)8(13)5-9(11)14/h5-6,17H,2-4,7,15H2,1H3. The van der Waals surface area contributed by atoms with Crippen LogP contribution >= 0.6 is 0 Å². The zero-order valence-electron chi connectivity index (χ0n) is 10.9. The molecule has 1 saturated heterocycles. The number of nitrogens with zero attached hydrogens (tertiary/aromatic N) is 1. The number of sulfonamides is 1. The number of β-amino-alcohol motifs (C(OH)–C–C–N with tert-alkyl or cyclic N) is 1. The lowest BCUT2D eigenvalue weighted by molar-refractivity contribution is 0.00934. The van der Waals surface area contributed by atoms with E-state index in [1.54, 1.807) is 0 Å². The number of aliphatic hydroxyl groups is 1. The van der Waals surface area contributed by atoms with Gasteiger partial charge in [-0.15, -0.1) is 0 Å². The quantitative estimate of drug-likeness (QED) is 0.801. The molecule has 0 saturated carbocycles. The molecular formula is C12H16F2N2O3S. The van der Waals surface area contributed by atoms with Crippen molar-refractivity contribution in [3.05, 3.63) is 23.8 Å². The Bertz CT molecular complexity index is 632. The fraction of sp³-hybridized carbons (Fsp3) is 0.500. The monoisotopic (exact) mass is 306 g/mol. The third-order valence-corrected chi connectivity index (χ3v) is 5.17. The van der Waals surface area contributed by atoms with E-state index in [1.807, 2.05) is 0 Å². The van der Waals surface area contributed by atoms with E-state index in [0.29, 0.717) is 18.9 Å². The second kappa shape index (κ2) is 4.94. The van der Waals surface area contributed by atoms with Crippen molar-refractivity contribution >= 4 is 15.7 Å². The molecule has 1 fully saturated rings. The first kappa shape index (κ1) is 15.1. The Hall–Kier alpha value is -1.25. The van der Waals surface area contributed by atoms with Gasteiger partial charge in [0.05, 0.1) is 11.3 Å². The Morgan fingerprint density at radius 1 is 1.35 bits per heavy atom. The van der Waals surface area contributed by atoms with Crippen LogP contribution in [-0.4, -0.2) is 36.5 Å². The minimum Gasteiger partial charge on any atom is -0.396 e. The van der Waals surface area contributed by atoms with Crippen molar-refractivity contribution in [1.29, 1.82) is 0 Å². The minimum absolute atomic E-state index is 0.133. The van der Waals surface area contributed by atoms with Crippen LogP contribution in [0.5, 0.6) is 0 Å². The molecule has 1 aliphatic rings. The molecule has 0 aromatic heterocycles. The van der Waals surface area contributed by atoms with Crippen LogP contribution in [0.1, 0.15) is 19.8 Å². The number of benzene rings is 1. The Balaban J connectivity index is 2.43. The van der Waals surface area contributed by atoms with Crippen molar-refractivity contribution in [2.24, 2.45) is 0 Å². The summed E-state index contributed by atoms with van der Waals surface area (Å²) in [7, 11) is -4.15. The highest BCUT2D eigenvalue weighted by molar-refractivity contribution is 7.89. The second-order valence-electron chi connectivity index (χ2n) is 5.24. The van der Waals surface area contributed by atoms with Gasteiger partial charge in [0.2, 0.25) is 10.0 Å². The molecular weight excluding hydrogens is 290 g/mol. The lowest BCUT2D eigenvalue weighted by Crippen LogP contribution is -2.48. The maximum Gasteiger partial charge on any atom is 0.246 e. The fourth-order valence-corrected chi connectivity index (χ4v) is 3.94. The number of hydrogen-bond acceptors (Lipinski definition) is 4. The van der Waals surface area contributed by atoms with Crippen LogP contribution in [0.15, 0.2) is 17.0 Å². The largest absolute Gasteiger partial charge is 0.396 e. The van der Waals surface area contributed by atoms with Crippen molar-refractivity contribution in [3.63, 3.8) is 0 Å². The van der Waals surface area contributed by atoms with E-state index in [4.69, 9.17) is 5.73 Å². The third kappa shape index (κ3) is 2.77. The minimum atomic E-state index is -4.15. The van der Waals surface area contributed by atoms with Gasteiger partial charge in [-0.25, -0.2) is 17.2 Å². The molecule has 20 heavy (non-hydrogen) atoms. The highest BCUT2D eigenvalue weighted by Crippen LogP contribution is 2.29. The molecule has 0 amide bonds. The van der Waals surface area contributed by atoms with Gasteiger partial charge in [0, 0.05) is 19.2 Å². The smallest absolute Gasteiger partial charge is 0.246 e. The summed E-state index contributed by atoms with van der Waals surface area (Å²) in [6.07, 6.45) is 0.928. The summed E-state index contributed by atoms with van der Waals surface area (Å²) in [4.78, 5) is -0.672. The highest BCUT2D eigenvalue weighted by atomic mass is 32.2. The van der Waals surface area contributed by atoms with E-state index in [-0.39, 0.29) is 13.1 Å². The molecule has 1 atom stereocenters. The summed E-state index contributed by atoms with van der Waals surface area (Å²) in [5.41, 5.74) is 3.70. The summed E-state index contributed by atoms with van der Waals surface area (Å²) < 4.78 is 52.5. The molecule has 0 bridgehead atoms. The first-order valence-corrected chi connectivity index (χ1v) is 7.54. The number of piperidine rings is 1. The van der Waals surface area contributed by atoms with Gasteiger partial charge < -0.3 is 10.8 Å². The lowest BCUT2D eigenvalue weighted by atomic mass is 9.97. The number of rotatable bonds is 2. The molecule has 8 heteroatoms. The van der Waals surface area contributed by atoms with Gasteiger partial charge >= 0.3 is 0 Å². The summed E-state index contributed by atoms with van der Waals surface area (Å²) in [5, 5.41) is 9.94. The fourth-order valence-electron chi connectivity index (χ4n) is 2.26. The van der Waals surface area contributed by atoms with Gasteiger partial charge in [0.1, 0.15) is 16.5 Å². The average molecular weight is 306 g/mol. The van der Waals surface area contributed by atoms with Crippen molar-refractivity contribution in [2.75, 3.05) is 18.8 Å². The van der Waals surface area contributed by atoms with Gasteiger partial charge in [-0.3, -0.25) is 0 Å². The van der Waals surface area contributed by atoms with E-state index in [2.05, 4.69) is 0 Å². The van der Waals surface area contributed by atoms with Crippen LogP contribution < -0.4 is 5.73 Å². The van der Waals surface area contributed by atoms with Crippen LogP contribution in [0.25, 0.3) is 0 Å². The Morgan fingerprint density at radius 2 is 2.00 bits per heavy atom. The second-order valence-corrected chi connectivity index (χ2v) is 7.15. The molecule has 1 aromatic carbocycles. The Morgan fingerprint density at radius 3 is 2.60 bits per heavy atom. The normalized spacial score (nSPS) is 24.8. The van der Waals surface area contributed by atoms with Crippen molar-refractivity contribution in [3.8, 4) is 0 Å². The summed E-state index contributed by atoms with van der Waals surface area (Å²) in [6.45, 7) is 1.56. The van der Waals surface area contributed by atoms with E-state index in [0.717, 1.165) is 10.4 Å². The van der Waals surface area contributed by atoms with Crippen LogP contribution in [0.3, 0.4) is 0 Å². The van der Waals surface area contributed by atoms with E-state index >= 15 is 0 Å². The zero-order valence-corrected chi connectivity index (χ0v) is 11.8. The maximum atomic E-state index is 13.7. The van der Waals surface area contributed by atoms with Crippen LogP contribution in [0.4, 0.5) is 14.5 Å². The summed E-state index contributed by atoms with van der Waals surface area (Å²) in [6, 6.07) is 1.22. The predicted molar refractivity (Wildman–Crippen MR) is 69.4 cm³/mol. The number of nitrogen functional groups attached to an aromatic ring is 1. The molecule has 0 radical (unpaired) electrons. The van der Waals surface area contributed by atoms with Crippen molar-refractivity contribution in [1.82, 2.24) is 4.31 Å². The molecule has 5 nitrogen and oxygen atoms in total. The van der Waals surface area contributed by atoms with Crippen LogP contribution in [0.2, 0.25) is 0 Å². The van der Waals surface area contributed by atoms with E-state index in [1.165, 1.54) is 6.92 Å². The molecule has 1 aliphatic heterocycles. The first-order valence-electron chi connectivity index (χ1n) is 6.10. The van der Waals surface area contributed by atoms with E-state index < -0.39 is 37.8 Å². The number of hydrogen-bond donors (Lipinski definition) is 2. The van der Waals surface area contributed by atoms with Gasteiger partial charge in [-0.05, 0) is 25.8 Å². The molecule has 112 valence electrons. The zero-order chi connectivity index (χ0) is 15.1. The summed E-state index contributed by atoms with van der Waals surface area (Å²) in [5.74, 6) is -2.20. The van der Waals surface area contributed by atoms with Crippen molar-refractivity contribution < 1.29 is 22.3 Å². The maximum absolute atomic E-state index is 13.7. The molecule has 1 aromatic rings. The first-order chi connectivity index (χ1) is 9.13. The average Bonchev–Trinajstić information content (AvgIpc) is 2.32. The van der Waals surface area contributed by atoms with Gasteiger partial charge in [0.25, 0.3) is 0 Å². The number of anilines is 1. The van der Waals surface area contributed by atoms with Gasteiger partial charge in [-0.1, -0.05) is 0 Å². The molecule has 0 spiro atoms. The number of nitrogens with two attached hydrogens (primary N) is 1. The highest BCUT2D eigenvalue weighted by Gasteiger charge is 2.37. The Kier molecular flexibility index (Phi) is 3.74. The van der Waals surface area contributed by atoms with Gasteiger partial charge in [0.15, 0.2) is 0 Å². The van der Waals surface area contributed by atoms with Crippen molar-refractivity contribution in [2.45, 2.75) is 30.3 Å². The molecule has 2 rings (SSSR count). The Labute approximate surface area is 116 Å². The van der Waals surface area contributed by atoms with Crippen LogP contribution in [0, 0.1) is 11.6 Å². The summed E-state index contributed by atoms with van der Waals surface area (Å²) >= 11 is 0. The third-order valence-electron chi connectivity index (χ3n) is 3.31. The van der Waals surface area contributed by atoms with Crippen LogP contribution in [-0.2, 0) is 10.0 Å². The SMILES string of the molecule is CC1(O)CCCN(S(=O)(=O)c2cc(N)c(F)cc2F)C1. The topological polar surface area (TPSA) is 83.6 Å². The molecule has 0 aliphatic carbocycles. The molecule has 1 heterocycles. The van der Waals surface area contributed by atoms with E-state index in [9.17, 15) is 22.3 Å².